The zero-order valence-corrected chi connectivity index (χ0v) is 11.8. The van der Waals surface area contributed by atoms with Gasteiger partial charge in [0.15, 0.2) is 6.29 Å². The first-order chi connectivity index (χ1) is 9.83. The van der Waals surface area contributed by atoms with E-state index in [1.807, 2.05) is 0 Å². The summed E-state index contributed by atoms with van der Waals surface area (Å²) >= 11 is 0. The second-order valence-corrected chi connectivity index (χ2v) is 5.55. The Morgan fingerprint density at radius 2 is 2.20 bits per heavy atom. The van der Waals surface area contributed by atoms with Crippen LogP contribution in [-0.2, 0) is 28.9 Å². The molecule has 1 saturated heterocycles. The summed E-state index contributed by atoms with van der Waals surface area (Å²) in [5.41, 5.74) is 2.21. The molecule has 5 nitrogen and oxygen atoms in total. The third-order valence-corrected chi connectivity index (χ3v) is 4.02. The minimum Gasteiger partial charge on any atom is -0.353 e. The van der Waals surface area contributed by atoms with Crippen molar-refractivity contribution >= 4 is 0 Å². The maximum Gasteiger partial charge on any atom is 0.267 e. The molecule has 20 heavy (non-hydrogen) atoms. The Labute approximate surface area is 118 Å². The Balaban J connectivity index is 1.58. The highest BCUT2D eigenvalue weighted by molar-refractivity contribution is 5.20. The average molecular weight is 278 g/mol. The summed E-state index contributed by atoms with van der Waals surface area (Å²) in [6.45, 7) is 1.77. The number of aryl methyl sites for hydroxylation is 2. The molecule has 1 unspecified atom stereocenters. The van der Waals surface area contributed by atoms with Gasteiger partial charge < -0.3 is 9.47 Å². The molecule has 3 rings (SSSR count). The van der Waals surface area contributed by atoms with E-state index in [1.54, 1.807) is 6.07 Å². The molecule has 0 spiro atoms. The highest BCUT2D eigenvalue weighted by Crippen LogP contribution is 2.17. The Morgan fingerprint density at radius 1 is 1.30 bits per heavy atom. The molecule has 0 bridgehead atoms. The largest absolute Gasteiger partial charge is 0.353 e. The predicted molar refractivity (Wildman–Crippen MR) is 74.7 cm³/mol. The lowest BCUT2D eigenvalue weighted by Gasteiger charge is -2.22. The number of fused-ring (bicyclic) bond motifs is 1. The van der Waals surface area contributed by atoms with E-state index < -0.39 is 0 Å². The number of aromatic nitrogens is 2. The van der Waals surface area contributed by atoms with Crippen LogP contribution in [0, 0.1) is 0 Å². The van der Waals surface area contributed by atoms with Crippen molar-refractivity contribution in [1.82, 2.24) is 9.78 Å². The fourth-order valence-electron chi connectivity index (χ4n) is 2.87. The minimum absolute atomic E-state index is 0.0150. The molecule has 110 valence electrons. The lowest BCUT2D eigenvalue weighted by atomic mass is 9.97. The second-order valence-electron chi connectivity index (χ2n) is 5.55. The Kier molecular flexibility index (Phi) is 4.47. The van der Waals surface area contributed by atoms with Crippen molar-refractivity contribution in [2.24, 2.45) is 0 Å². The van der Waals surface area contributed by atoms with Gasteiger partial charge in [-0.2, -0.15) is 5.10 Å². The van der Waals surface area contributed by atoms with Gasteiger partial charge in [-0.1, -0.05) is 0 Å². The van der Waals surface area contributed by atoms with Gasteiger partial charge in [-0.05, 0) is 50.5 Å². The Hall–Kier alpha value is -1.20. The second kappa shape index (κ2) is 6.50. The van der Waals surface area contributed by atoms with E-state index in [0.29, 0.717) is 13.2 Å². The summed E-state index contributed by atoms with van der Waals surface area (Å²) in [6, 6.07) is 1.75. The molecule has 1 aliphatic heterocycles. The summed E-state index contributed by atoms with van der Waals surface area (Å²) in [5, 5.41) is 4.48. The van der Waals surface area contributed by atoms with Gasteiger partial charge in [0.25, 0.3) is 5.56 Å². The van der Waals surface area contributed by atoms with Crippen LogP contribution in [-0.4, -0.2) is 29.3 Å². The molecule has 1 aromatic rings. The first-order valence-electron chi connectivity index (χ1n) is 7.66. The van der Waals surface area contributed by atoms with Crippen molar-refractivity contribution in [2.45, 2.75) is 57.8 Å². The summed E-state index contributed by atoms with van der Waals surface area (Å²) in [7, 11) is 0. The lowest BCUT2D eigenvalue weighted by molar-refractivity contribution is -0.163. The van der Waals surface area contributed by atoms with Crippen LogP contribution < -0.4 is 5.56 Å². The molecule has 0 saturated carbocycles. The molecule has 2 aliphatic rings. The predicted octanol–water partition coefficient (Wildman–Crippen LogP) is 1.67. The first-order valence-corrected chi connectivity index (χ1v) is 7.66. The summed E-state index contributed by atoms with van der Waals surface area (Å²) in [4.78, 5) is 12.0. The van der Waals surface area contributed by atoms with Gasteiger partial charge in [-0.25, -0.2) is 4.68 Å². The Bertz CT molecular complexity index is 506. The third-order valence-electron chi connectivity index (χ3n) is 4.02. The SMILES string of the molecule is O=c1cc2c(nn1CCOC1CCCCO1)CCCC2. The fraction of sp³-hybridized carbons (Fsp3) is 0.733. The topological polar surface area (TPSA) is 53.4 Å². The first kappa shape index (κ1) is 13.8. The van der Waals surface area contributed by atoms with E-state index in [2.05, 4.69) is 5.10 Å². The third kappa shape index (κ3) is 3.27. The zero-order chi connectivity index (χ0) is 13.8. The van der Waals surface area contributed by atoms with Gasteiger partial charge >= 0.3 is 0 Å². The van der Waals surface area contributed by atoms with Crippen molar-refractivity contribution in [3.05, 3.63) is 27.7 Å². The van der Waals surface area contributed by atoms with Crippen molar-refractivity contribution in [1.29, 1.82) is 0 Å². The molecule has 0 amide bonds. The van der Waals surface area contributed by atoms with Gasteiger partial charge in [0.1, 0.15) is 0 Å². The van der Waals surface area contributed by atoms with Crippen LogP contribution in [0.15, 0.2) is 10.9 Å². The molecule has 1 aliphatic carbocycles. The summed E-state index contributed by atoms with van der Waals surface area (Å²) < 4.78 is 12.7. The van der Waals surface area contributed by atoms with Crippen LogP contribution in [0.2, 0.25) is 0 Å². The summed E-state index contributed by atoms with van der Waals surface area (Å²) in [6.07, 6.45) is 7.44. The molecular weight excluding hydrogens is 256 g/mol. The minimum atomic E-state index is -0.0999. The smallest absolute Gasteiger partial charge is 0.267 e. The number of rotatable bonds is 4. The molecule has 2 heterocycles. The van der Waals surface area contributed by atoms with Crippen LogP contribution in [0.3, 0.4) is 0 Å². The van der Waals surface area contributed by atoms with Crippen LogP contribution in [0.4, 0.5) is 0 Å². The maximum atomic E-state index is 12.0. The van der Waals surface area contributed by atoms with Crippen LogP contribution in [0.5, 0.6) is 0 Å². The van der Waals surface area contributed by atoms with Gasteiger partial charge in [0.05, 0.1) is 18.8 Å². The molecule has 0 N–H and O–H groups in total. The molecule has 0 aromatic carbocycles. The van der Waals surface area contributed by atoms with E-state index in [1.165, 1.54) is 17.5 Å². The lowest BCUT2D eigenvalue weighted by Crippen LogP contribution is -2.30. The van der Waals surface area contributed by atoms with Gasteiger partial charge in [0, 0.05) is 12.7 Å². The summed E-state index contributed by atoms with van der Waals surface area (Å²) in [5.74, 6) is 0. The molecular formula is C15H22N2O3. The quantitative estimate of drug-likeness (QED) is 0.840. The monoisotopic (exact) mass is 278 g/mol. The molecule has 1 fully saturated rings. The van der Waals surface area contributed by atoms with Crippen molar-refractivity contribution in [2.75, 3.05) is 13.2 Å². The zero-order valence-electron chi connectivity index (χ0n) is 11.8. The van der Waals surface area contributed by atoms with Crippen LogP contribution >= 0.6 is 0 Å². The van der Waals surface area contributed by atoms with E-state index in [9.17, 15) is 4.79 Å². The Morgan fingerprint density at radius 3 is 3.05 bits per heavy atom. The van der Waals surface area contributed by atoms with E-state index in [-0.39, 0.29) is 11.8 Å². The average Bonchev–Trinajstić information content (AvgIpc) is 2.49. The van der Waals surface area contributed by atoms with Crippen molar-refractivity contribution in [3.8, 4) is 0 Å². The number of hydrogen-bond donors (Lipinski definition) is 0. The molecule has 1 aromatic heterocycles. The number of nitrogens with zero attached hydrogens (tertiary/aromatic N) is 2. The van der Waals surface area contributed by atoms with Crippen molar-refractivity contribution < 1.29 is 9.47 Å². The maximum absolute atomic E-state index is 12.0. The molecule has 5 heteroatoms. The fourth-order valence-corrected chi connectivity index (χ4v) is 2.87. The van der Waals surface area contributed by atoms with Gasteiger partial charge in [-0.3, -0.25) is 4.79 Å². The van der Waals surface area contributed by atoms with E-state index in [4.69, 9.17) is 9.47 Å². The molecule has 0 radical (unpaired) electrons. The van der Waals surface area contributed by atoms with Crippen LogP contribution in [0.25, 0.3) is 0 Å². The highest BCUT2D eigenvalue weighted by atomic mass is 16.7. The van der Waals surface area contributed by atoms with Crippen molar-refractivity contribution in [3.63, 3.8) is 0 Å². The highest BCUT2D eigenvalue weighted by Gasteiger charge is 2.15. The number of hydrogen-bond acceptors (Lipinski definition) is 4. The van der Waals surface area contributed by atoms with E-state index in [0.717, 1.165) is 50.0 Å². The molecule has 1 atom stereocenters. The number of ether oxygens (including phenoxy) is 2. The van der Waals surface area contributed by atoms with Gasteiger partial charge in [-0.15, -0.1) is 0 Å². The standard InChI is InChI=1S/C15H22N2O3/c18-14-11-12-5-1-2-6-13(12)16-17(14)8-10-20-15-7-3-4-9-19-15/h11,15H,1-10H2. The van der Waals surface area contributed by atoms with E-state index >= 15 is 0 Å². The van der Waals surface area contributed by atoms with Crippen LogP contribution in [0.1, 0.15) is 43.4 Å². The van der Waals surface area contributed by atoms with Gasteiger partial charge in [0.2, 0.25) is 0 Å². The normalized spacial score (nSPS) is 22.5.